The fourth-order valence-electron chi connectivity index (χ4n) is 0.808. The Morgan fingerprint density at radius 1 is 1.54 bits per heavy atom. The molecule has 0 radical (unpaired) electrons. The van der Waals surface area contributed by atoms with E-state index in [4.69, 9.17) is 11.6 Å². The molecule has 0 atom stereocenters. The molecule has 0 heterocycles. The van der Waals surface area contributed by atoms with Gasteiger partial charge in [0.15, 0.2) is 0 Å². The fraction of sp³-hybridized carbons (Fsp3) is 0.143. The van der Waals surface area contributed by atoms with Crippen molar-refractivity contribution < 1.29 is 4.92 Å². The van der Waals surface area contributed by atoms with Crippen molar-refractivity contribution in [3.8, 4) is 0 Å². The van der Waals surface area contributed by atoms with Gasteiger partial charge in [-0.25, -0.2) is 0 Å². The molecule has 1 aromatic rings. The Bertz CT molecular complexity index is 317. The Kier molecular flexibility index (Phi) is 4.51. The van der Waals surface area contributed by atoms with Crippen LogP contribution in [0, 0.1) is 10.1 Å². The Morgan fingerprint density at radius 3 is 2.62 bits per heavy atom. The van der Waals surface area contributed by atoms with Crippen LogP contribution in [-0.2, 0) is 0 Å². The lowest BCUT2D eigenvalue weighted by atomic mass is 10.3. The average Bonchev–Trinajstić information content (AvgIpc) is 2.05. The van der Waals surface area contributed by atoms with Crippen LogP contribution in [0.3, 0.4) is 0 Å². The summed E-state index contributed by atoms with van der Waals surface area (Å²) >= 11 is 5.58. The van der Waals surface area contributed by atoms with E-state index in [1.54, 1.807) is 13.1 Å². The van der Waals surface area contributed by atoms with Gasteiger partial charge in [0.05, 0.1) is 4.92 Å². The minimum atomic E-state index is -0.511. The van der Waals surface area contributed by atoms with Crippen molar-refractivity contribution in [2.24, 2.45) is 0 Å². The third kappa shape index (κ3) is 2.75. The second-order valence-corrected chi connectivity index (χ2v) is 2.58. The number of nitrogens with one attached hydrogen (secondary N) is 1. The Balaban J connectivity index is 0.00000144. The van der Waals surface area contributed by atoms with Crippen LogP contribution in [0.2, 0.25) is 5.02 Å². The molecule has 0 fully saturated rings. The van der Waals surface area contributed by atoms with E-state index in [0.717, 1.165) is 0 Å². The maximum atomic E-state index is 10.4. The number of nitro groups is 1. The number of rotatable bonds is 2. The molecule has 0 aliphatic heterocycles. The van der Waals surface area contributed by atoms with Gasteiger partial charge in [-0.2, -0.15) is 0 Å². The van der Waals surface area contributed by atoms with Crippen LogP contribution in [-0.4, -0.2) is 12.0 Å². The summed E-state index contributed by atoms with van der Waals surface area (Å²) in [4.78, 5) is 9.87. The van der Waals surface area contributed by atoms with Gasteiger partial charge in [0.1, 0.15) is 5.02 Å². The first kappa shape index (κ1) is 12.0. The molecule has 1 N–H and O–H groups in total. The second-order valence-electron chi connectivity index (χ2n) is 2.17. The highest BCUT2D eigenvalue weighted by Gasteiger charge is 2.11. The number of hydrogen-bond donors (Lipinski definition) is 1. The maximum Gasteiger partial charge on any atom is 0.289 e. The van der Waals surface area contributed by atoms with Crippen LogP contribution in [0.4, 0.5) is 11.4 Å². The van der Waals surface area contributed by atoms with Gasteiger partial charge < -0.3 is 5.32 Å². The van der Waals surface area contributed by atoms with Crippen molar-refractivity contribution in [1.29, 1.82) is 0 Å². The van der Waals surface area contributed by atoms with Gasteiger partial charge in [-0.1, -0.05) is 11.6 Å². The predicted molar refractivity (Wildman–Crippen MR) is 54.9 cm³/mol. The number of hydrogen-bond acceptors (Lipinski definition) is 3. The van der Waals surface area contributed by atoms with Crippen molar-refractivity contribution in [3.63, 3.8) is 0 Å². The van der Waals surface area contributed by atoms with Gasteiger partial charge in [0, 0.05) is 18.8 Å². The first-order valence-electron chi connectivity index (χ1n) is 3.27. The minimum Gasteiger partial charge on any atom is -0.388 e. The van der Waals surface area contributed by atoms with Crippen molar-refractivity contribution in [3.05, 3.63) is 33.3 Å². The van der Waals surface area contributed by atoms with Gasteiger partial charge in [-0.15, -0.1) is 12.4 Å². The van der Waals surface area contributed by atoms with Gasteiger partial charge in [0.2, 0.25) is 0 Å². The van der Waals surface area contributed by atoms with Crippen molar-refractivity contribution in [1.82, 2.24) is 0 Å². The molecule has 4 nitrogen and oxygen atoms in total. The highest BCUT2D eigenvalue weighted by atomic mass is 35.5. The molecular weight excluding hydrogens is 215 g/mol. The molecule has 0 spiro atoms. The number of nitro benzene ring substituents is 1. The van der Waals surface area contributed by atoms with E-state index >= 15 is 0 Å². The Morgan fingerprint density at radius 2 is 2.15 bits per heavy atom. The van der Waals surface area contributed by atoms with Crippen LogP contribution in [0.5, 0.6) is 0 Å². The average molecular weight is 223 g/mol. The first-order chi connectivity index (χ1) is 5.65. The minimum absolute atomic E-state index is 0. The molecule has 6 heteroatoms. The first-order valence-corrected chi connectivity index (χ1v) is 3.64. The highest BCUT2D eigenvalue weighted by Crippen LogP contribution is 2.26. The molecule has 0 unspecified atom stereocenters. The molecule has 0 aliphatic carbocycles. The van der Waals surface area contributed by atoms with Crippen molar-refractivity contribution >= 4 is 35.4 Å². The van der Waals surface area contributed by atoms with Crippen LogP contribution >= 0.6 is 24.0 Å². The molecule has 0 saturated carbocycles. The van der Waals surface area contributed by atoms with Gasteiger partial charge in [0.25, 0.3) is 5.69 Å². The van der Waals surface area contributed by atoms with E-state index in [0.29, 0.717) is 5.69 Å². The largest absolute Gasteiger partial charge is 0.388 e. The third-order valence-corrected chi connectivity index (χ3v) is 1.75. The molecular formula is C7H8Cl2N2O2. The second kappa shape index (κ2) is 4.89. The number of benzene rings is 1. The Hall–Kier alpha value is -1.00. The summed E-state index contributed by atoms with van der Waals surface area (Å²) in [6.45, 7) is 0. The summed E-state index contributed by atoms with van der Waals surface area (Å²) < 4.78 is 0. The number of anilines is 1. The number of halogens is 2. The van der Waals surface area contributed by atoms with Gasteiger partial charge >= 0.3 is 0 Å². The normalized spacial score (nSPS) is 8.77. The summed E-state index contributed by atoms with van der Waals surface area (Å²) in [5.41, 5.74) is 0.592. The van der Waals surface area contributed by atoms with Crippen LogP contribution < -0.4 is 5.32 Å². The molecule has 1 rings (SSSR count). The molecule has 0 saturated heterocycles. The van der Waals surface area contributed by atoms with Crippen LogP contribution in [0.25, 0.3) is 0 Å². The van der Waals surface area contributed by atoms with Crippen LogP contribution in [0.1, 0.15) is 0 Å². The van der Waals surface area contributed by atoms with E-state index in [-0.39, 0.29) is 23.1 Å². The molecule has 0 bridgehead atoms. The van der Waals surface area contributed by atoms with E-state index in [1.807, 2.05) is 0 Å². The lowest BCUT2D eigenvalue weighted by Gasteiger charge is -1.99. The van der Waals surface area contributed by atoms with E-state index in [2.05, 4.69) is 5.32 Å². The summed E-state index contributed by atoms with van der Waals surface area (Å²) in [6, 6.07) is 4.56. The van der Waals surface area contributed by atoms with E-state index in [9.17, 15) is 10.1 Å². The van der Waals surface area contributed by atoms with Crippen molar-refractivity contribution in [2.75, 3.05) is 12.4 Å². The molecule has 0 aromatic heterocycles. The smallest absolute Gasteiger partial charge is 0.289 e. The lowest BCUT2D eigenvalue weighted by Crippen LogP contribution is -1.92. The van der Waals surface area contributed by atoms with Gasteiger partial charge in [-0.3, -0.25) is 10.1 Å². The SMILES string of the molecule is CNc1ccc(Cl)c([N+](=O)[O-])c1.Cl. The zero-order valence-electron chi connectivity index (χ0n) is 6.78. The standard InChI is InChI=1S/C7H7ClN2O2.ClH/c1-9-5-2-3-6(8)7(4-5)10(11)12;/h2-4,9H,1H3;1H. The fourth-order valence-corrected chi connectivity index (χ4v) is 0.995. The Labute approximate surface area is 86.5 Å². The zero-order chi connectivity index (χ0) is 9.14. The predicted octanol–water partition coefficient (Wildman–Crippen LogP) is 2.71. The quantitative estimate of drug-likeness (QED) is 0.619. The van der Waals surface area contributed by atoms with Gasteiger partial charge in [-0.05, 0) is 12.1 Å². The van der Waals surface area contributed by atoms with Crippen molar-refractivity contribution in [2.45, 2.75) is 0 Å². The van der Waals surface area contributed by atoms with Crippen LogP contribution in [0.15, 0.2) is 18.2 Å². The highest BCUT2D eigenvalue weighted by molar-refractivity contribution is 6.32. The summed E-state index contributed by atoms with van der Waals surface area (Å²) in [6.07, 6.45) is 0. The lowest BCUT2D eigenvalue weighted by molar-refractivity contribution is -0.384. The zero-order valence-corrected chi connectivity index (χ0v) is 8.35. The third-order valence-electron chi connectivity index (χ3n) is 1.43. The molecule has 0 aliphatic rings. The summed E-state index contributed by atoms with van der Waals surface area (Å²) in [5.74, 6) is 0. The topological polar surface area (TPSA) is 55.2 Å². The molecule has 13 heavy (non-hydrogen) atoms. The maximum absolute atomic E-state index is 10.4. The summed E-state index contributed by atoms with van der Waals surface area (Å²) in [5, 5.41) is 13.3. The molecule has 0 amide bonds. The molecule has 72 valence electrons. The molecule has 1 aromatic carbocycles. The van der Waals surface area contributed by atoms with E-state index < -0.39 is 4.92 Å². The monoisotopic (exact) mass is 222 g/mol. The number of nitrogens with zero attached hydrogens (tertiary/aromatic N) is 1. The van der Waals surface area contributed by atoms with E-state index in [1.165, 1.54) is 12.1 Å². The summed E-state index contributed by atoms with van der Waals surface area (Å²) in [7, 11) is 1.69.